The summed E-state index contributed by atoms with van der Waals surface area (Å²) in [5, 5.41) is 3.07. The molecule has 0 radical (unpaired) electrons. The molecule has 24 heavy (non-hydrogen) atoms. The second-order valence-electron chi connectivity index (χ2n) is 5.48. The predicted molar refractivity (Wildman–Crippen MR) is 95.4 cm³/mol. The van der Waals surface area contributed by atoms with Crippen molar-refractivity contribution >= 4 is 29.0 Å². The minimum absolute atomic E-state index is 0.0115. The monoisotopic (exact) mass is 349 g/mol. The summed E-state index contributed by atoms with van der Waals surface area (Å²) in [6.07, 6.45) is 3.39. The Balaban J connectivity index is 2.09. The van der Waals surface area contributed by atoms with Crippen LogP contribution in [0.5, 0.6) is 0 Å². The third kappa shape index (κ3) is 4.68. The second kappa shape index (κ2) is 8.64. The average molecular weight is 350 g/mol. The first-order chi connectivity index (χ1) is 11.5. The molecule has 0 saturated carbocycles. The van der Waals surface area contributed by atoms with Crippen molar-refractivity contribution in [3.8, 4) is 0 Å². The number of hydrogen-bond acceptors (Lipinski definition) is 3. The van der Waals surface area contributed by atoms with Gasteiger partial charge >= 0.3 is 0 Å². The van der Waals surface area contributed by atoms with Gasteiger partial charge in [-0.25, -0.2) is 9.37 Å². The smallest absolute Gasteiger partial charge is 0.255 e. The van der Waals surface area contributed by atoms with Gasteiger partial charge in [-0.05, 0) is 43.2 Å². The van der Waals surface area contributed by atoms with Crippen LogP contribution in [0.25, 0.3) is 0 Å². The van der Waals surface area contributed by atoms with Crippen LogP contribution < -0.4 is 5.32 Å². The third-order valence-corrected chi connectivity index (χ3v) is 3.77. The number of carbonyl (C=O) groups excluding carboxylic acids is 1. The molecule has 128 valence electrons. The minimum Gasteiger partial charge on any atom is -0.340 e. The van der Waals surface area contributed by atoms with E-state index in [1.807, 2.05) is 4.90 Å². The maximum atomic E-state index is 13.2. The molecule has 1 N–H and O–H groups in total. The number of aromatic nitrogens is 1. The normalized spacial score (nSPS) is 10.5. The van der Waals surface area contributed by atoms with E-state index < -0.39 is 5.82 Å². The summed E-state index contributed by atoms with van der Waals surface area (Å²) in [6, 6.07) is 7.81. The molecule has 0 aliphatic carbocycles. The molecule has 2 aromatic rings. The zero-order valence-electron chi connectivity index (χ0n) is 13.9. The highest BCUT2D eigenvalue weighted by atomic mass is 35.5. The number of anilines is 2. The van der Waals surface area contributed by atoms with E-state index in [4.69, 9.17) is 11.6 Å². The Morgan fingerprint density at radius 3 is 2.46 bits per heavy atom. The maximum absolute atomic E-state index is 13.2. The third-order valence-electron chi connectivity index (χ3n) is 3.48. The van der Waals surface area contributed by atoms with Crippen molar-refractivity contribution in [2.24, 2.45) is 0 Å². The molecule has 0 fully saturated rings. The van der Waals surface area contributed by atoms with E-state index in [1.54, 1.807) is 24.4 Å². The fraction of sp³-hybridized carbons (Fsp3) is 0.333. The molecular formula is C18H21ClFN3O. The van der Waals surface area contributed by atoms with Gasteiger partial charge in [0.05, 0.1) is 10.6 Å². The zero-order chi connectivity index (χ0) is 17.5. The Bertz CT molecular complexity index is 685. The molecule has 0 saturated heterocycles. The Morgan fingerprint density at radius 2 is 1.92 bits per heavy atom. The molecular weight excluding hydrogens is 329 g/mol. The van der Waals surface area contributed by atoms with Crippen LogP contribution in [0.1, 0.15) is 37.0 Å². The highest BCUT2D eigenvalue weighted by Crippen LogP contribution is 2.22. The highest BCUT2D eigenvalue weighted by Gasteiger charge is 2.14. The van der Waals surface area contributed by atoms with Crippen LogP contribution in [0.2, 0.25) is 5.02 Å². The molecule has 1 aromatic heterocycles. The number of benzene rings is 1. The van der Waals surface area contributed by atoms with Gasteiger partial charge in [-0.15, -0.1) is 0 Å². The van der Waals surface area contributed by atoms with Crippen molar-refractivity contribution in [1.82, 2.24) is 9.88 Å². The molecule has 0 unspecified atom stereocenters. The number of carbonyl (C=O) groups is 1. The van der Waals surface area contributed by atoms with Gasteiger partial charge in [0.25, 0.3) is 5.91 Å². The van der Waals surface area contributed by atoms with Gasteiger partial charge < -0.3 is 10.2 Å². The molecule has 2 rings (SSSR count). The highest BCUT2D eigenvalue weighted by molar-refractivity contribution is 6.31. The number of hydrogen-bond donors (Lipinski definition) is 1. The lowest BCUT2D eigenvalue weighted by atomic mass is 10.2. The van der Waals surface area contributed by atoms with E-state index >= 15 is 0 Å². The molecule has 0 aliphatic rings. The van der Waals surface area contributed by atoms with E-state index in [0.717, 1.165) is 25.9 Å². The van der Waals surface area contributed by atoms with Gasteiger partial charge in [-0.3, -0.25) is 4.79 Å². The largest absolute Gasteiger partial charge is 0.340 e. The quantitative estimate of drug-likeness (QED) is 0.774. The molecule has 0 bridgehead atoms. The lowest BCUT2D eigenvalue weighted by Crippen LogP contribution is -2.32. The molecule has 0 spiro atoms. The van der Waals surface area contributed by atoms with Crippen LogP contribution in [-0.4, -0.2) is 28.9 Å². The lowest BCUT2D eigenvalue weighted by Gasteiger charge is -2.21. The molecule has 1 aromatic carbocycles. The van der Waals surface area contributed by atoms with Gasteiger partial charge in [-0.2, -0.15) is 0 Å². The Morgan fingerprint density at radius 1 is 1.21 bits per heavy atom. The first kappa shape index (κ1) is 18.2. The summed E-state index contributed by atoms with van der Waals surface area (Å²) < 4.78 is 13.2. The van der Waals surface area contributed by atoms with Crippen LogP contribution in [0, 0.1) is 5.82 Å². The summed E-state index contributed by atoms with van der Waals surface area (Å²) in [5.74, 6) is 0.0809. The molecule has 0 atom stereocenters. The van der Waals surface area contributed by atoms with E-state index in [2.05, 4.69) is 24.1 Å². The molecule has 1 heterocycles. The maximum Gasteiger partial charge on any atom is 0.255 e. The summed E-state index contributed by atoms with van der Waals surface area (Å²) in [5.41, 5.74) is 1.19. The fourth-order valence-corrected chi connectivity index (χ4v) is 2.53. The van der Waals surface area contributed by atoms with Gasteiger partial charge in [0.1, 0.15) is 11.6 Å². The van der Waals surface area contributed by atoms with Gasteiger partial charge in [0, 0.05) is 25.0 Å². The Hall–Kier alpha value is -2.14. The number of pyridine rings is 1. The Labute approximate surface area is 146 Å². The van der Waals surface area contributed by atoms with Crippen LogP contribution in [0.3, 0.4) is 0 Å². The van der Waals surface area contributed by atoms with Gasteiger partial charge in [-0.1, -0.05) is 25.4 Å². The molecule has 4 nitrogen and oxygen atoms in total. The number of nitrogens with one attached hydrogen (secondary N) is 1. The molecule has 1 amide bonds. The topological polar surface area (TPSA) is 45.2 Å². The molecule has 6 heteroatoms. The summed E-state index contributed by atoms with van der Waals surface area (Å²) >= 11 is 5.76. The Kier molecular flexibility index (Phi) is 6.55. The SMILES string of the molecule is CCCN(CCC)C(=O)c1ccc(Nc2ccc(F)c(Cl)c2)nc1. The number of amides is 1. The van der Waals surface area contributed by atoms with Gasteiger partial charge in [0.2, 0.25) is 0 Å². The van der Waals surface area contributed by atoms with Crippen LogP contribution >= 0.6 is 11.6 Å². The lowest BCUT2D eigenvalue weighted by molar-refractivity contribution is 0.0755. The van der Waals surface area contributed by atoms with Crippen LogP contribution in [0.15, 0.2) is 36.5 Å². The minimum atomic E-state index is -0.469. The van der Waals surface area contributed by atoms with Crippen molar-refractivity contribution in [1.29, 1.82) is 0 Å². The summed E-state index contributed by atoms with van der Waals surface area (Å²) in [6.45, 7) is 5.57. The first-order valence-corrected chi connectivity index (χ1v) is 8.40. The van der Waals surface area contributed by atoms with Crippen molar-refractivity contribution in [3.63, 3.8) is 0 Å². The average Bonchev–Trinajstić information content (AvgIpc) is 2.58. The van der Waals surface area contributed by atoms with Crippen molar-refractivity contribution in [3.05, 3.63) is 52.9 Å². The van der Waals surface area contributed by atoms with E-state index in [1.165, 1.54) is 12.1 Å². The van der Waals surface area contributed by atoms with Crippen LogP contribution in [0.4, 0.5) is 15.9 Å². The number of rotatable bonds is 7. The fourth-order valence-electron chi connectivity index (χ4n) is 2.35. The van der Waals surface area contributed by atoms with Crippen molar-refractivity contribution in [2.75, 3.05) is 18.4 Å². The summed E-state index contributed by atoms with van der Waals surface area (Å²) in [4.78, 5) is 18.6. The van der Waals surface area contributed by atoms with Crippen molar-refractivity contribution < 1.29 is 9.18 Å². The second-order valence-corrected chi connectivity index (χ2v) is 5.89. The first-order valence-electron chi connectivity index (χ1n) is 8.02. The van der Waals surface area contributed by atoms with E-state index in [0.29, 0.717) is 17.1 Å². The number of halogens is 2. The van der Waals surface area contributed by atoms with Crippen molar-refractivity contribution in [2.45, 2.75) is 26.7 Å². The van der Waals surface area contributed by atoms with E-state index in [-0.39, 0.29) is 10.9 Å². The summed E-state index contributed by atoms with van der Waals surface area (Å²) in [7, 11) is 0. The number of nitrogens with zero attached hydrogens (tertiary/aromatic N) is 2. The van der Waals surface area contributed by atoms with Gasteiger partial charge in [0.15, 0.2) is 0 Å². The predicted octanol–water partition coefficient (Wildman–Crippen LogP) is 4.88. The van der Waals surface area contributed by atoms with E-state index in [9.17, 15) is 9.18 Å². The zero-order valence-corrected chi connectivity index (χ0v) is 14.6. The molecule has 0 aliphatic heterocycles. The van der Waals surface area contributed by atoms with Crippen LogP contribution in [-0.2, 0) is 0 Å². The standard InChI is InChI=1S/C18H21ClFN3O/c1-3-9-23(10-4-2)18(24)13-5-8-17(21-12-13)22-14-6-7-16(20)15(19)11-14/h5-8,11-12H,3-4,9-10H2,1-2H3,(H,21,22).